The van der Waals surface area contributed by atoms with Gasteiger partial charge in [0, 0.05) is 50.0 Å². The van der Waals surface area contributed by atoms with Crippen LogP contribution in [0, 0.1) is 0 Å². The average molecular weight is 795 g/mol. The van der Waals surface area contributed by atoms with Gasteiger partial charge in [-0.15, -0.1) is 0 Å². The molecule has 0 atom stereocenters. The molecule has 12 rings (SSSR count). The van der Waals surface area contributed by atoms with E-state index in [9.17, 15) is 0 Å². The van der Waals surface area contributed by atoms with Crippen molar-refractivity contribution >= 4 is 66.8 Å². The van der Waals surface area contributed by atoms with Gasteiger partial charge in [-0.05, 0) is 94.4 Å². The van der Waals surface area contributed by atoms with Crippen molar-refractivity contribution in [2.24, 2.45) is 0 Å². The Bertz CT molecular complexity index is 3380. The van der Waals surface area contributed by atoms with Crippen LogP contribution < -0.4 is 14.5 Å². The van der Waals surface area contributed by atoms with Crippen LogP contribution in [0.2, 0.25) is 0 Å². The summed E-state index contributed by atoms with van der Waals surface area (Å²) in [5.41, 5.74) is 14.4. The first kappa shape index (κ1) is 35.6. The maximum Gasteiger partial charge on any atom is 0.160 e. The Morgan fingerprint density at radius 2 is 0.823 bits per heavy atom. The molecular weight excluding hydrogens is 757 g/mol. The largest absolute Gasteiger partial charge is 0.455 e. The van der Waals surface area contributed by atoms with E-state index in [2.05, 4.69) is 228 Å². The highest BCUT2D eigenvalue weighted by Crippen LogP contribution is 2.56. The summed E-state index contributed by atoms with van der Waals surface area (Å²) in [4.78, 5) is 4.61. The second-order valence-corrected chi connectivity index (χ2v) is 15.7. The van der Waals surface area contributed by atoms with Crippen LogP contribution in [-0.2, 0) is 0 Å². The first-order chi connectivity index (χ1) is 30.8. The fourth-order valence-corrected chi connectivity index (χ4v) is 9.17. The molecule has 0 radical (unpaired) electrons. The molecule has 1 aliphatic heterocycles. The molecule has 0 saturated heterocycles. The van der Waals surface area contributed by atoms with Crippen molar-refractivity contribution in [2.45, 2.75) is 0 Å². The minimum absolute atomic E-state index is 0.796. The topological polar surface area (TPSA) is 28.9 Å². The molecule has 62 heavy (non-hydrogen) atoms. The van der Waals surface area contributed by atoms with Gasteiger partial charge < -0.3 is 19.0 Å². The summed E-state index contributed by atoms with van der Waals surface area (Å²) in [6, 6.07) is 81.3. The zero-order valence-corrected chi connectivity index (χ0v) is 33.7. The van der Waals surface area contributed by atoms with E-state index in [1.807, 2.05) is 12.1 Å². The number of rotatable bonds is 8. The van der Waals surface area contributed by atoms with Gasteiger partial charge in [0.15, 0.2) is 11.5 Å². The quantitative estimate of drug-likeness (QED) is 0.153. The van der Waals surface area contributed by atoms with Crippen molar-refractivity contribution in [3.63, 3.8) is 0 Å². The normalized spacial score (nSPS) is 11.7. The van der Waals surface area contributed by atoms with Crippen molar-refractivity contribution in [3.8, 4) is 44.9 Å². The van der Waals surface area contributed by atoms with E-state index >= 15 is 0 Å². The summed E-state index contributed by atoms with van der Waals surface area (Å²) in [6.45, 7) is 0. The van der Waals surface area contributed by atoms with E-state index in [-0.39, 0.29) is 0 Å². The van der Waals surface area contributed by atoms with Crippen LogP contribution in [0.4, 0.5) is 34.1 Å². The molecule has 0 saturated carbocycles. The molecule has 292 valence electrons. The van der Waals surface area contributed by atoms with Crippen molar-refractivity contribution in [2.75, 3.05) is 9.80 Å². The number of para-hydroxylation sites is 5. The second kappa shape index (κ2) is 14.7. The number of hydrogen-bond acceptors (Lipinski definition) is 4. The van der Waals surface area contributed by atoms with Crippen LogP contribution >= 0.6 is 0 Å². The first-order valence-corrected chi connectivity index (χ1v) is 21.0. The highest BCUT2D eigenvalue weighted by atomic mass is 16.5. The van der Waals surface area contributed by atoms with E-state index in [0.717, 1.165) is 106 Å². The van der Waals surface area contributed by atoms with Crippen molar-refractivity contribution in [1.29, 1.82) is 0 Å². The van der Waals surface area contributed by atoms with Crippen LogP contribution in [0.3, 0.4) is 0 Å². The summed E-state index contributed by atoms with van der Waals surface area (Å²) < 4.78 is 13.9. The number of fused-ring (bicyclic) bond motifs is 5. The molecule has 0 fully saturated rings. The first-order valence-electron chi connectivity index (χ1n) is 21.0. The lowest BCUT2D eigenvalue weighted by molar-refractivity contribution is 0.489. The molecule has 0 unspecified atom stereocenters. The van der Waals surface area contributed by atoms with Gasteiger partial charge in [-0.2, -0.15) is 0 Å². The smallest absolute Gasteiger partial charge is 0.160 e. The monoisotopic (exact) mass is 794 g/mol. The summed E-state index contributed by atoms with van der Waals surface area (Å²) in [5, 5.41) is 4.45. The lowest BCUT2D eigenvalue weighted by Gasteiger charge is -2.33. The fourth-order valence-electron chi connectivity index (χ4n) is 9.17. The van der Waals surface area contributed by atoms with Gasteiger partial charge in [0.2, 0.25) is 0 Å². The van der Waals surface area contributed by atoms with Gasteiger partial charge in [0.25, 0.3) is 0 Å². The van der Waals surface area contributed by atoms with Crippen molar-refractivity contribution < 1.29 is 9.15 Å². The molecule has 0 amide bonds. The summed E-state index contributed by atoms with van der Waals surface area (Å²) in [5.74, 6) is 1.61. The predicted octanol–water partition coefficient (Wildman–Crippen LogP) is 16.8. The second-order valence-electron chi connectivity index (χ2n) is 15.7. The molecule has 2 heterocycles. The van der Waals surface area contributed by atoms with Crippen molar-refractivity contribution in [3.05, 3.63) is 231 Å². The predicted molar refractivity (Wildman–Crippen MR) is 257 cm³/mol. The Hall–Kier alpha value is -8.34. The molecule has 4 heteroatoms. The Balaban J connectivity index is 1.03. The molecule has 10 aromatic carbocycles. The lowest BCUT2D eigenvalue weighted by atomic mass is 9.93. The van der Waals surface area contributed by atoms with Gasteiger partial charge in [-0.25, -0.2) is 0 Å². The Labute approximate surface area is 359 Å². The number of anilines is 6. The standard InChI is InChI=1S/C58H38N2O2/c1-4-15-39(16-5-1)40-29-34-45(35-30-40)60(46-36-31-41(32-37-46)47-23-13-25-50-48-22-10-11-28-54(48)61-56(47)50)52-27-14-26-51-49-24-12-17-42-33-38-53(58(55(42)49)62-57(51)52)59(43-18-6-2-7-19-43)44-20-8-3-9-21-44/h1-38H. The zero-order chi connectivity index (χ0) is 41.0. The average Bonchev–Trinajstić information content (AvgIpc) is 3.73. The highest BCUT2D eigenvalue weighted by molar-refractivity contribution is 6.11. The number of ether oxygens (including phenoxy) is 1. The Kier molecular flexibility index (Phi) is 8.46. The van der Waals surface area contributed by atoms with Gasteiger partial charge in [-0.3, -0.25) is 0 Å². The van der Waals surface area contributed by atoms with E-state index in [0.29, 0.717) is 0 Å². The maximum absolute atomic E-state index is 7.43. The number of nitrogens with zero attached hydrogens (tertiary/aromatic N) is 2. The minimum atomic E-state index is 0.796. The van der Waals surface area contributed by atoms with E-state index in [1.165, 1.54) is 5.56 Å². The summed E-state index contributed by atoms with van der Waals surface area (Å²) >= 11 is 0. The van der Waals surface area contributed by atoms with E-state index in [4.69, 9.17) is 9.15 Å². The number of benzene rings is 10. The minimum Gasteiger partial charge on any atom is -0.455 e. The molecule has 1 aromatic heterocycles. The van der Waals surface area contributed by atoms with E-state index < -0.39 is 0 Å². The van der Waals surface area contributed by atoms with Gasteiger partial charge in [-0.1, -0.05) is 164 Å². The van der Waals surface area contributed by atoms with Gasteiger partial charge >= 0.3 is 0 Å². The Morgan fingerprint density at radius 1 is 0.306 bits per heavy atom. The van der Waals surface area contributed by atoms with E-state index in [1.54, 1.807) is 0 Å². The number of furan rings is 1. The molecule has 4 nitrogen and oxygen atoms in total. The molecule has 1 aliphatic rings. The van der Waals surface area contributed by atoms with Gasteiger partial charge in [0.05, 0.1) is 11.4 Å². The third kappa shape index (κ3) is 5.92. The van der Waals surface area contributed by atoms with Gasteiger partial charge in [0.1, 0.15) is 11.2 Å². The Morgan fingerprint density at radius 3 is 1.53 bits per heavy atom. The SMILES string of the molecule is c1ccc(-c2ccc(N(c3ccc(-c4cccc5c4oc4ccccc45)cc3)c3cccc4c3Oc3c(N(c5ccccc5)c5ccccc5)ccc5cccc-4c35)cc2)cc1. The molecule has 0 bridgehead atoms. The number of hydrogen-bond donors (Lipinski definition) is 0. The molecule has 0 N–H and O–H groups in total. The molecule has 0 aliphatic carbocycles. The zero-order valence-electron chi connectivity index (χ0n) is 33.7. The van der Waals surface area contributed by atoms with Crippen LogP contribution in [-0.4, -0.2) is 0 Å². The lowest BCUT2D eigenvalue weighted by Crippen LogP contribution is -2.14. The molecule has 11 aromatic rings. The van der Waals surface area contributed by atoms with Crippen LogP contribution in [0.25, 0.3) is 66.1 Å². The molecule has 0 spiro atoms. The van der Waals surface area contributed by atoms with Crippen LogP contribution in [0.15, 0.2) is 235 Å². The highest BCUT2D eigenvalue weighted by Gasteiger charge is 2.30. The third-order valence-electron chi connectivity index (χ3n) is 12.0. The summed E-state index contributed by atoms with van der Waals surface area (Å²) in [7, 11) is 0. The van der Waals surface area contributed by atoms with Crippen molar-refractivity contribution in [1.82, 2.24) is 0 Å². The van der Waals surface area contributed by atoms with Crippen LogP contribution in [0.1, 0.15) is 0 Å². The third-order valence-corrected chi connectivity index (χ3v) is 12.0. The summed E-state index contributed by atoms with van der Waals surface area (Å²) in [6.07, 6.45) is 0. The fraction of sp³-hybridized carbons (Fsp3) is 0. The van der Waals surface area contributed by atoms with Crippen LogP contribution in [0.5, 0.6) is 11.5 Å². The molecular formula is C58H38N2O2. The maximum atomic E-state index is 7.43.